The van der Waals surface area contributed by atoms with Crippen molar-refractivity contribution in [1.82, 2.24) is 20.3 Å². The van der Waals surface area contributed by atoms with E-state index in [2.05, 4.69) is 20.3 Å². The number of hydrogen-bond acceptors (Lipinski definition) is 6. The molecule has 0 saturated heterocycles. The quantitative estimate of drug-likeness (QED) is 0.705. The second kappa shape index (κ2) is 3.86. The van der Waals surface area contributed by atoms with Gasteiger partial charge < -0.3 is 4.74 Å². The van der Waals surface area contributed by atoms with Gasteiger partial charge in [-0.3, -0.25) is 14.9 Å². The van der Waals surface area contributed by atoms with Crippen molar-refractivity contribution in [3.05, 3.63) is 17.2 Å². The number of rotatable bonds is 2. The van der Waals surface area contributed by atoms with Gasteiger partial charge in [0.2, 0.25) is 5.28 Å². The van der Waals surface area contributed by atoms with Crippen molar-refractivity contribution < 1.29 is 14.3 Å². The van der Waals surface area contributed by atoms with Crippen LogP contribution in [0.5, 0.6) is 6.01 Å². The molecule has 0 bridgehead atoms. The molecule has 0 atom stereocenters. The predicted octanol–water partition coefficient (Wildman–Crippen LogP) is -0.427. The van der Waals surface area contributed by atoms with Crippen molar-refractivity contribution in [2.24, 2.45) is 0 Å². The number of ether oxygens (including phenoxy) is 1. The molecule has 0 fully saturated rings. The molecule has 1 N–H and O–H groups in total. The van der Waals surface area contributed by atoms with Gasteiger partial charge in [0.05, 0.1) is 12.7 Å². The van der Waals surface area contributed by atoms with E-state index in [1.54, 1.807) is 0 Å². The maximum atomic E-state index is 11.3. The van der Waals surface area contributed by atoms with Crippen LogP contribution in [0.2, 0.25) is 5.28 Å². The third kappa shape index (κ3) is 1.84. The molecule has 0 saturated carbocycles. The Balaban J connectivity index is 2.48. The lowest BCUT2D eigenvalue weighted by molar-refractivity contribution is -0.123. The van der Waals surface area contributed by atoms with Crippen LogP contribution in [0.3, 0.4) is 0 Å². The molecule has 82 valence electrons. The summed E-state index contributed by atoms with van der Waals surface area (Å²) < 4.78 is 4.77. The normalized spacial score (nSPS) is 14.8. The first kappa shape index (κ1) is 10.5. The summed E-state index contributed by atoms with van der Waals surface area (Å²) in [7, 11) is 1.35. The molecule has 8 heteroatoms. The summed E-state index contributed by atoms with van der Waals surface area (Å²) in [4.78, 5) is 33.4. The Kier molecular flexibility index (Phi) is 2.53. The molecule has 0 spiro atoms. The number of aromatic nitrogens is 3. The molecule has 0 aromatic carbocycles. The Hall–Kier alpha value is -2.02. The highest BCUT2D eigenvalue weighted by Crippen LogP contribution is 2.17. The fourth-order valence-electron chi connectivity index (χ4n) is 1.12. The van der Waals surface area contributed by atoms with Crippen molar-refractivity contribution >= 4 is 29.0 Å². The molecule has 1 aliphatic rings. The van der Waals surface area contributed by atoms with E-state index in [0.29, 0.717) is 0 Å². The zero-order valence-electron chi connectivity index (χ0n) is 8.02. The third-order valence-electron chi connectivity index (χ3n) is 1.77. The third-order valence-corrected chi connectivity index (χ3v) is 1.94. The van der Waals surface area contributed by atoms with Crippen molar-refractivity contribution in [1.29, 1.82) is 0 Å². The number of nitrogens with one attached hydrogen (secondary N) is 1. The summed E-state index contributed by atoms with van der Waals surface area (Å²) in [5.41, 5.74) is 0.0348. The fourth-order valence-corrected chi connectivity index (χ4v) is 1.27. The number of carbonyl (C=O) groups is 2. The highest BCUT2D eigenvalue weighted by Gasteiger charge is 2.25. The van der Waals surface area contributed by atoms with Gasteiger partial charge in [0.15, 0.2) is 5.82 Å². The molecule has 0 aliphatic carbocycles. The van der Waals surface area contributed by atoms with Crippen LogP contribution in [0.25, 0.3) is 5.57 Å². The molecule has 1 aromatic heterocycles. The molecule has 7 nitrogen and oxygen atoms in total. The van der Waals surface area contributed by atoms with Gasteiger partial charge in [-0.15, -0.1) is 0 Å². The van der Waals surface area contributed by atoms with Crippen molar-refractivity contribution in [3.8, 4) is 6.01 Å². The molecule has 2 rings (SSSR count). The van der Waals surface area contributed by atoms with Crippen LogP contribution in [-0.4, -0.2) is 33.9 Å². The summed E-state index contributed by atoms with van der Waals surface area (Å²) in [5, 5.41) is 1.95. The first-order valence-corrected chi connectivity index (χ1v) is 4.51. The Bertz CT molecular complexity index is 514. The topological polar surface area (TPSA) is 94.1 Å². The first-order valence-electron chi connectivity index (χ1n) is 4.13. The monoisotopic (exact) mass is 240 g/mol. The maximum absolute atomic E-state index is 11.3. The van der Waals surface area contributed by atoms with Crippen LogP contribution in [0, 0.1) is 0 Å². The number of methoxy groups -OCH3 is 1. The van der Waals surface area contributed by atoms with Gasteiger partial charge in [0.25, 0.3) is 11.8 Å². The summed E-state index contributed by atoms with van der Waals surface area (Å²) >= 11 is 5.61. The van der Waals surface area contributed by atoms with Crippen LogP contribution in [0.15, 0.2) is 6.08 Å². The van der Waals surface area contributed by atoms with Crippen LogP contribution < -0.4 is 10.1 Å². The first-order chi connectivity index (χ1) is 7.60. The van der Waals surface area contributed by atoms with E-state index in [4.69, 9.17) is 16.3 Å². The SMILES string of the molecule is COc1nc(Cl)nc(C2=CC(=O)NC2=O)n1. The number of amides is 2. The van der Waals surface area contributed by atoms with E-state index < -0.39 is 11.8 Å². The molecule has 0 unspecified atom stereocenters. The Morgan fingerprint density at radius 2 is 2.06 bits per heavy atom. The molecular formula is C8H5ClN4O3. The predicted molar refractivity (Wildman–Crippen MR) is 52.5 cm³/mol. The number of nitrogens with zero attached hydrogens (tertiary/aromatic N) is 3. The number of carbonyl (C=O) groups excluding carboxylic acids is 2. The molecule has 2 amide bonds. The fraction of sp³-hybridized carbons (Fsp3) is 0.125. The van der Waals surface area contributed by atoms with E-state index in [-0.39, 0.29) is 22.7 Å². The van der Waals surface area contributed by atoms with Gasteiger partial charge in [-0.05, 0) is 11.6 Å². The summed E-state index contributed by atoms with van der Waals surface area (Å²) in [6, 6.07) is -0.0250. The Labute approximate surface area is 94.5 Å². The summed E-state index contributed by atoms with van der Waals surface area (Å²) in [6.45, 7) is 0. The number of hydrogen-bond donors (Lipinski definition) is 1. The molecule has 2 heterocycles. The largest absolute Gasteiger partial charge is 0.467 e. The zero-order chi connectivity index (χ0) is 11.7. The lowest BCUT2D eigenvalue weighted by Crippen LogP contribution is -2.22. The second-order valence-electron chi connectivity index (χ2n) is 2.79. The highest BCUT2D eigenvalue weighted by atomic mass is 35.5. The van der Waals surface area contributed by atoms with Crippen LogP contribution >= 0.6 is 11.6 Å². The standard InChI is InChI=1S/C8H5ClN4O3/c1-16-8-12-5(11-7(9)13-8)3-2-4(14)10-6(3)15/h2H,1H3,(H,10,14,15). The minimum Gasteiger partial charge on any atom is -0.467 e. The van der Waals surface area contributed by atoms with Crippen LogP contribution in [0.4, 0.5) is 0 Å². The molecule has 1 aliphatic heterocycles. The van der Waals surface area contributed by atoms with Gasteiger partial charge in [0.1, 0.15) is 0 Å². The van der Waals surface area contributed by atoms with Gasteiger partial charge in [0, 0.05) is 6.08 Å². The van der Waals surface area contributed by atoms with E-state index in [0.717, 1.165) is 6.08 Å². The van der Waals surface area contributed by atoms with Crippen molar-refractivity contribution in [2.45, 2.75) is 0 Å². The summed E-state index contributed by atoms with van der Waals surface area (Å²) in [6.07, 6.45) is 1.09. The lowest BCUT2D eigenvalue weighted by Gasteiger charge is -2.01. The van der Waals surface area contributed by atoms with Gasteiger partial charge in [-0.2, -0.15) is 15.0 Å². The smallest absolute Gasteiger partial charge is 0.321 e. The molecular weight excluding hydrogens is 236 g/mol. The highest BCUT2D eigenvalue weighted by molar-refractivity contribution is 6.33. The van der Waals surface area contributed by atoms with Gasteiger partial charge >= 0.3 is 6.01 Å². The van der Waals surface area contributed by atoms with E-state index in [1.165, 1.54) is 7.11 Å². The lowest BCUT2D eigenvalue weighted by atomic mass is 10.2. The summed E-state index contributed by atoms with van der Waals surface area (Å²) in [5.74, 6) is -1.09. The van der Waals surface area contributed by atoms with Crippen molar-refractivity contribution in [3.63, 3.8) is 0 Å². The minimum absolute atomic E-state index is 0.000185. The van der Waals surface area contributed by atoms with Gasteiger partial charge in [-0.1, -0.05) is 0 Å². The van der Waals surface area contributed by atoms with Crippen LogP contribution in [-0.2, 0) is 9.59 Å². The van der Waals surface area contributed by atoms with Crippen molar-refractivity contribution in [2.75, 3.05) is 7.11 Å². The van der Waals surface area contributed by atoms with Crippen LogP contribution in [0.1, 0.15) is 5.82 Å². The number of halogens is 1. The molecule has 0 radical (unpaired) electrons. The average molecular weight is 241 g/mol. The Morgan fingerprint density at radius 3 is 2.62 bits per heavy atom. The molecule has 1 aromatic rings. The van der Waals surface area contributed by atoms with E-state index >= 15 is 0 Å². The minimum atomic E-state index is -0.575. The van der Waals surface area contributed by atoms with Gasteiger partial charge in [-0.25, -0.2) is 0 Å². The Morgan fingerprint density at radius 1 is 1.31 bits per heavy atom. The van der Waals surface area contributed by atoms with E-state index in [9.17, 15) is 9.59 Å². The maximum Gasteiger partial charge on any atom is 0.321 e. The average Bonchev–Trinajstić information content (AvgIpc) is 2.57. The second-order valence-corrected chi connectivity index (χ2v) is 3.13. The zero-order valence-corrected chi connectivity index (χ0v) is 8.78. The molecule has 16 heavy (non-hydrogen) atoms. The number of imide groups is 1. The van der Waals surface area contributed by atoms with E-state index in [1.807, 2.05) is 0 Å².